The molecule has 5 nitrogen and oxygen atoms in total. The van der Waals surface area contributed by atoms with Gasteiger partial charge < -0.3 is 14.9 Å². The van der Waals surface area contributed by atoms with E-state index in [1.54, 1.807) is 12.1 Å². The quantitative estimate of drug-likeness (QED) is 0.443. The molecule has 1 saturated heterocycles. The molecular formula is C24H35NO4. The van der Waals surface area contributed by atoms with Crippen molar-refractivity contribution in [2.45, 2.75) is 64.9 Å². The van der Waals surface area contributed by atoms with Crippen LogP contribution in [-0.4, -0.2) is 46.8 Å². The second kappa shape index (κ2) is 11.2. The third kappa shape index (κ3) is 7.02. The number of rotatable bonds is 4. The first-order chi connectivity index (χ1) is 13.8. The van der Waals surface area contributed by atoms with E-state index in [0.717, 1.165) is 30.4 Å². The van der Waals surface area contributed by atoms with E-state index in [1.165, 1.54) is 5.57 Å². The molecule has 1 atom stereocenters. The number of likely N-dealkylation sites (tertiary alicyclic amines) is 1. The first-order valence-electron chi connectivity index (χ1n) is 10.5. The van der Waals surface area contributed by atoms with Crippen LogP contribution >= 0.6 is 0 Å². The molecule has 0 radical (unpaired) electrons. The molecule has 160 valence electrons. The summed E-state index contributed by atoms with van der Waals surface area (Å²) in [6.07, 6.45) is 8.15. The summed E-state index contributed by atoms with van der Waals surface area (Å²) in [4.78, 5) is 14.5. The molecule has 0 saturated carbocycles. The SMILES string of the molecule is C=CC.CC1=CC(c2c(O)cc(C)cc2OC(=O)CN2CCC(O)CC2)CCC1. The lowest BCUT2D eigenvalue weighted by molar-refractivity contribution is -0.136. The molecule has 2 N–H and O–H groups in total. The van der Waals surface area contributed by atoms with E-state index in [4.69, 9.17) is 4.74 Å². The van der Waals surface area contributed by atoms with E-state index in [2.05, 4.69) is 19.6 Å². The minimum absolute atomic E-state index is 0.0808. The zero-order valence-corrected chi connectivity index (χ0v) is 18.0. The fourth-order valence-electron chi connectivity index (χ4n) is 3.96. The summed E-state index contributed by atoms with van der Waals surface area (Å²) in [5, 5.41) is 20.1. The fourth-order valence-corrected chi connectivity index (χ4v) is 3.96. The molecule has 5 heteroatoms. The molecule has 1 unspecified atom stereocenters. The van der Waals surface area contributed by atoms with Crippen LogP contribution < -0.4 is 4.74 Å². The fraction of sp³-hybridized carbons (Fsp3) is 0.542. The Bertz CT molecular complexity index is 733. The molecule has 1 aromatic carbocycles. The van der Waals surface area contributed by atoms with Crippen LogP contribution in [0, 0.1) is 6.92 Å². The van der Waals surface area contributed by atoms with Crippen molar-refractivity contribution in [1.29, 1.82) is 0 Å². The average Bonchev–Trinajstić information content (AvgIpc) is 2.64. The number of phenols is 1. The van der Waals surface area contributed by atoms with E-state index < -0.39 is 0 Å². The molecule has 0 spiro atoms. The number of aliphatic hydroxyl groups is 1. The van der Waals surface area contributed by atoms with Gasteiger partial charge in [-0.15, -0.1) is 6.58 Å². The highest BCUT2D eigenvalue weighted by molar-refractivity contribution is 5.75. The number of benzene rings is 1. The molecule has 0 amide bonds. The number of hydrogen-bond donors (Lipinski definition) is 2. The Morgan fingerprint density at radius 2 is 1.93 bits per heavy atom. The highest BCUT2D eigenvalue weighted by Crippen LogP contribution is 2.41. The first-order valence-corrected chi connectivity index (χ1v) is 10.5. The van der Waals surface area contributed by atoms with Gasteiger partial charge >= 0.3 is 5.97 Å². The largest absolute Gasteiger partial charge is 0.507 e. The number of aromatic hydroxyl groups is 1. The molecule has 2 aliphatic rings. The number of carbonyl (C=O) groups excluding carboxylic acids is 1. The van der Waals surface area contributed by atoms with E-state index >= 15 is 0 Å². The number of carbonyl (C=O) groups is 1. The minimum Gasteiger partial charge on any atom is -0.507 e. The first kappa shape index (κ1) is 23.2. The summed E-state index contributed by atoms with van der Waals surface area (Å²) in [6.45, 7) is 10.8. The summed E-state index contributed by atoms with van der Waals surface area (Å²) in [7, 11) is 0. The topological polar surface area (TPSA) is 70.0 Å². The van der Waals surface area contributed by atoms with Gasteiger partial charge in [-0.25, -0.2) is 0 Å². The van der Waals surface area contributed by atoms with Crippen molar-refractivity contribution in [1.82, 2.24) is 4.90 Å². The zero-order chi connectivity index (χ0) is 21.4. The Hall–Kier alpha value is -2.11. The Morgan fingerprint density at radius 3 is 2.55 bits per heavy atom. The Morgan fingerprint density at radius 1 is 1.28 bits per heavy atom. The van der Waals surface area contributed by atoms with Crippen molar-refractivity contribution >= 4 is 5.97 Å². The minimum atomic E-state index is -0.316. The van der Waals surface area contributed by atoms with Crippen LogP contribution in [0.2, 0.25) is 0 Å². The Kier molecular flexibility index (Phi) is 8.93. The van der Waals surface area contributed by atoms with Crippen molar-refractivity contribution in [3.63, 3.8) is 0 Å². The number of hydrogen-bond acceptors (Lipinski definition) is 5. The van der Waals surface area contributed by atoms with Gasteiger partial charge in [-0.3, -0.25) is 9.69 Å². The number of phenolic OH excluding ortho intramolecular Hbond substituents is 1. The van der Waals surface area contributed by atoms with E-state index in [-0.39, 0.29) is 30.3 Å². The number of esters is 1. The Balaban J connectivity index is 0.000000941. The summed E-state index contributed by atoms with van der Waals surface area (Å²) < 4.78 is 5.69. The van der Waals surface area contributed by atoms with Crippen LogP contribution in [0.1, 0.15) is 63.0 Å². The van der Waals surface area contributed by atoms with Crippen LogP contribution in [0.5, 0.6) is 11.5 Å². The maximum Gasteiger partial charge on any atom is 0.325 e. The zero-order valence-electron chi connectivity index (χ0n) is 18.0. The van der Waals surface area contributed by atoms with Gasteiger partial charge in [-0.2, -0.15) is 0 Å². The van der Waals surface area contributed by atoms with Gasteiger partial charge in [0.15, 0.2) is 0 Å². The molecule has 0 bridgehead atoms. The predicted octanol–water partition coefficient (Wildman–Crippen LogP) is 4.47. The third-order valence-corrected chi connectivity index (χ3v) is 5.34. The summed E-state index contributed by atoms with van der Waals surface area (Å²) >= 11 is 0. The molecule has 29 heavy (non-hydrogen) atoms. The van der Waals surface area contributed by atoms with E-state index in [1.807, 2.05) is 24.8 Å². The highest BCUT2D eigenvalue weighted by atomic mass is 16.5. The number of aliphatic hydroxyl groups excluding tert-OH is 1. The van der Waals surface area contributed by atoms with Crippen molar-refractivity contribution in [3.8, 4) is 11.5 Å². The van der Waals surface area contributed by atoms with Gasteiger partial charge in [-0.05, 0) is 70.6 Å². The Labute approximate surface area is 174 Å². The molecule has 1 aliphatic carbocycles. The van der Waals surface area contributed by atoms with E-state index in [0.29, 0.717) is 31.7 Å². The van der Waals surface area contributed by atoms with Crippen LogP contribution in [0.4, 0.5) is 0 Å². The van der Waals surface area contributed by atoms with Gasteiger partial charge in [0.05, 0.1) is 12.6 Å². The summed E-state index contributed by atoms with van der Waals surface area (Å²) in [5.41, 5.74) is 2.90. The highest BCUT2D eigenvalue weighted by Gasteiger charge is 2.25. The van der Waals surface area contributed by atoms with Crippen LogP contribution in [-0.2, 0) is 4.79 Å². The second-order valence-electron chi connectivity index (χ2n) is 8.10. The predicted molar refractivity (Wildman–Crippen MR) is 116 cm³/mol. The molecule has 0 aromatic heterocycles. The molecule has 1 heterocycles. The lowest BCUT2D eigenvalue weighted by atomic mass is 9.85. The van der Waals surface area contributed by atoms with Crippen molar-refractivity contribution < 1.29 is 19.7 Å². The monoisotopic (exact) mass is 401 g/mol. The standard InChI is InChI=1S/C21H29NO4.C3H6/c1-14-4-3-5-16(10-14)21-18(24)11-15(2)12-19(21)26-20(25)13-22-8-6-17(23)7-9-22;1-3-2/h10-12,16-17,23-24H,3-9,13H2,1-2H3;3H,1H2,2H3. The van der Waals surface area contributed by atoms with Crippen molar-refractivity contribution in [2.24, 2.45) is 0 Å². The number of piperidine rings is 1. The number of aryl methyl sites for hydroxylation is 1. The normalized spacial score (nSPS) is 20.3. The molecule has 3 rings (SSSR count). The van der Waals surface area contributed by atoms with Gasteiger partial charge in [0.2, 0.25) is 0 Å². The van der Waals surface area contributed by atoms with Gasteiger partial charge in [0.25, 0.3) is 0 Å². The van der Waals surface area contributed by atoms with Crippen LogP contribution in [0.15, 0.2) is 36.4 Å². The van der Waals surface area contributed by atoms with Crippen LogP contribution in [0.3, 0.4) is 0 Å². The van der Waals surface area contributed by atoms with Gasteiger partial charge in [0, 0.05) is 24.6 Å². The van der Waals surface area contributed by atoms with Crippen molar-refractivity contribution in [3.05, 3.63) is 47.6 Å². The van der Waals surface area contributed by atoms with Gasteiger partial charge in [0.1, 0.15) is 11.5 Å². The third-order valence-electron chi connectivity index (χ3n) is 5.34. The summed E-state index contributed by atoms with van der Waals surface area (Å²) in [5.74, 6) is 0.437. The lowest BCUT2D eigenvalue weighted by Gasteiger charge is -2.28. The lowest BCUT2D eigenvalue weighted by Crippen LogP contribution is -2.40. The van der Waals surface area contributed by atoms with E-state index in [9.17, 15) is 15.0 Å². The molecule has 1 aromatic rings. The maximum atomic E-state index is 12.5. The average molecular weight is 402 g/mol. The maximum absolute atomic E-state index is 12.5. The number of nitrogens with zero attached hydrogens (tertiary/aromatic N) is 1. The molecule has 1 aliphatic heterocycles. The molecular weight excluding hydrogens is 366 g/mol. The smallest absolute Gasteiger partial charge is 0.325 e. The van der Waals surface area contributed by atoms with Crippen LogP contribution in [0.25, 0.3) is 0 Å². The summed E-state index contributed by atoms with van der Waals surface area (Å²) in [6, 6.07) is 3.57. The number of ether oxygens (including phenoxy) is 1. The van der Waals surface area contributed by atoms with Crippen molar-refractivity contribution in [2.75, 3.05) is 19.6 Å². The van der Waals surface area contributed by atoms with Gasteiger partial charge in [-0.1, -0.05) is 17.7 Å². The second-order valence-corrected chi connectivity index (χ2v) is 8.10. The molecule has 1 fully saturated rings. The number of allylic oxidation sites excluding steroid dienone is 3.